The van der Waals surface area contributed by atoms with Gasteiger partial charge in [-0.25, -0.2) is 0 Å². The fraction of sp³-hybridized carbons (Fsp3) is 0.824. The second kappa shape index (κ2) is 14.2. The van der Waals surface area contributed by atoms with Crippen molar-refractivity contribution in [2.24, 2.45) is 5.92 Å². The number of ether oxygens (including phenoxy) is 1. The molecule has 0 aromatic rings. The molecule has 0 saturated heterocycles. The molecule has 2 amide bonds. The summed E-state index contributed by atoms with van der Waals surface area (Å²) in [4.78, 5) is 34.5. The highest BCUT2D eigenvalue weighted by Crippen LogP contribution is 2.01. The molecule has 0 aliphatic carbocycles. The van der Waals surface area contributed by atoms with Crippen LogP contribution in [0.15, 0.2) is 0 Å². The number of amides is 2. The molecule has 0 radical (unpaired) electrons. The summed E-state index contributed by atoms with van der Waals surface area (Å²) in [5, 5.41) is 5.58. The smallest absolute Gasteiger partial charge is 0.220 e. The van der Waals surface area contributed by atoms with Gasteiger partial charge >= 0.3 is 0 Å². The number of carbonyl (C=O) groups is 3. The maximum atomic E-state index is 11.6. The van der Waals surface area contributed by atoms with Crippen molar-refractivity contribution in [1.82, 2.24) is 10.6 Å². The van der Waals surface area contributed by atoms with Gasteiger partial charge in [-0.1, -0.05) is 13.8 Å². The van der Waals surface area contributed by atoms with E-state index in [4.69, 9.17) is 4.74 Å². The Hall–Kier alpha value is -1.43. The number of Topliss-reactive ketones (excluding diaryl/α,β-unsaturated/α-hetero) is 1. The van der Waals surface area contributed by atoms with E-state index in [1.54, 1.807) is 0 Å². The van der Waals surface area contributed by atoms with Crippen LogP contribution in [0.4, 0.5) is 0 Å². The molecule has 0 bridgehead atoms. The number of rotatable bonds is 14. The van der Waals surface area contributed by atoms with E-state index in [1.165, 1.54) is 0 Å². The van der Waals surface area contributed by atoms with Crippen molar-refractivity contribution < 1.29 is 22.0 Å². The molecule has 0 saturated carbocycles. The molecule has 0 aromatic carbocycles. The molecule has 0 spiro atoms. The molecule has 23 heavy (non-hydrogen) atoms. The number of hydrogen-bond acceptors (Lipinski definition) is 4. The molecule has 0 aromatic heterocycles. The molecule has 6 nitrogen and oxygen atoms in total. The van der Waals surface area contributed by atoms with Gasteiger partial charge < -0.3 is 15.4 Å². The lowest BCUT2D eigenvalue weighted by molar-refractivity contribution is -0.124. The number of hydrogen-bond donors (Lipinski definition) is 2. The third-order valence-corrected chi connectivity index (χ3v) is 3.37. The van der Waals surface area contributed by atoms with Gasteiger partial charge in [0, 0.05) is 54.3 Å². The van der Waals surface area contributed by atoms with Crippen LogP contribution in [-0.4, -0.2) is 43.9 Å². The van der Waals surface area contributed by atoms with Crippen LogP contribution in [0.25, 0.3) is 0 Å². The molecule has 0 aliphatic heterocycles. The second-order valence-electron chi connectivity index (χ2n) is 5.83. The third-order valence-electron chi connectivity index (χ3n) is 3.37. The molecule has 0 heterocycles. The van der Waals surface area contributed by atoms with Crippen molar-refractivity contribution >= 4 is 17.6 Å². The van der Waals surface area contributed by atoms with E-state index >= 15 is 0 Å². The Balaban J connectivity index is -0.00000242. The Morgan fingerprint density at radius 1 is 0.913 bits per heavy atom. The van der Waals surface area contributed by atoms with E-state index in [9.17, 15) is 14.4 Å². The van der Waals surface area contributed by atoms with Crippen LogP contribution in [0, 0.1) is 5.92 Å². The van der Waals surface area contributed by atoms with Gasteiger partial charge in [-0.3, -0.25) is 14.4 Å². The monoisotopic (exact) mass is 332 g/mol. The molecular weight excluding hydrogens is 296 g/mol. The van der Waals surface area contributed by atoms with E-state index in [0.29, 0.717) is 58.4 Å². The summed E-state index contributed by atoms with van der Waals surface area (Å²) in [5.74, 6) is 0.181. The Kier molecular flexibility index (Phi) is 13.3. The fourth-order valence-corrected chi connectivity index (χ4v) is 1.91. The maximum absolute atomic E-state index is 11.6. The van der Waals surface area contributed by atoms with Crippen molar-refractivity contribution in [3.05, 3.63) is 0 Å². The summed E-state index contributed by atoms with van der Waals surface area (Å²) in [6.07, 6.45) is 3.20. The predicted molar refractivity (Wildman–Crippen MR) is 94.3 cm³/mol. The summed E-state index contributed by atoms with van der Waals surface area (Å²) in [6, 6.07) is 0. The van der Waals surface area contributed by atoms with Gasteiger partial charge in [0.25, 0.3) is 0 Å². The minimum absolute atomic E-state index is 0. The number of ketones is 1. The Morgan fingerprint density at radius 2 is 1.48 bits per heavy atom. The van der Waals surface area contributed by atoms with Gasteiger partial charge in [-0.15, -0.1) is 0 Å². The van der Waals surface area contributed by atoms with Gasteiger partial charge in [-0.05, 0) is 26.2 Å². The number of nitrogens with one attached hydrogen (secondary N) is 2. The molecule has 6 heteroatoms. The summed E-state index contributed by atoms with van der Waals surface area (Å²) in [7, 11) is 0. The van der Waals surface area contributed by atoms with Crippen LogP contribution in [-0.2, 0) is 19.1 Å². The van der Waals surface area contributed by atoms with E-state index < -0.39 is 0 Å². The van der Waals surface area contributed by atoms with E-state index in [-0.39, 0.29) is 26.4 Å². The standard InChI is InChI=1S/C17H32N2O4.2H2/c1-4-23-13-7-12-19-17(22)10-5-9-16(21)18-11-6-8-15(20)14(2)3;;/h14H,4-13H2,1-3H3,(H,18,21)(H,19,22);2*1H. The molecule has 0 unspecified atom stereocenters. The average molecular weight is 332 g/mol. The van der Waals surface area contributed by atoms with Gasteiger partial charge in [-0.2, -0.15) is 0 Å². The summed E-state index contributed by atoms with van der Waals surface area (Å²) >= 11 is 0. The molecule has 2 N–H and O–H groups in total. The van der Waals surface area contributed by atoms with Crippen LogP contribution in [0.5, 0.6) is 0 Å². The highest BCUT2D eigenvalue weighted by molar-refractivity contribution is 5.80. The summed E-state index contributed by atoms with van der Waals surface area (Å²) in [5.41, 5.74) is 0. The van der Waals surface area contributed by atoms with Gasteiger partial charge in [0.05, 0.1) is 0 Å². The summed E-state index contributed by atoms with van der Waals surface area (Å²) < 4.78 is 5.18. The fourth-order valence-electron chi connectivity index (χ4n) is 1.91. The predicted octanol–water partition coefficient (Wildman–Crippen LogP) is 2.31. The Labute approximate surface area is 142 Å². The lowest BCUT2D eigenvalue weighted by Crippen LogP contribution is -2.27. The molecule has 0 aliphatic rings. The second-order valence-corrected chi connectivity index (χ2v) is 5.83. The van der Waals surface area contributed by atoms with Gasteiger partial charge in [0.1, 0.15) is 5.78 Å². The maximum Gasteiger partial charge on any atom is 0.220 e. The first kappa shape index (κ1) is 21.6. The highest BCUT2D eigenvalue weighted by atomic mass is 16.5. The largest absolute Gasteiger partial charge is 0.382 e. The van der Waals surface area contributed by atoms with Crippen LogP contribution < -0.4 is 10.6 Å². The van der Waals surface area contributed by atoms with Crippen molar-refractivity contribution in [2.45, 2.75) is 59.3 Å². The lowest BCUT2D eigenvalue weighted by Gasteiger charge is -2.07. The Morgan fingerprint density at radius 3 is 2.00 bits per heavy atom. The van der Waals surface area contributed by atoms with Crippen LogP contribution in [0.1, 0.15) is 62.1 Å². The van der Waals surface area contributed by atoms with Crippen LogP contribution in [0.2, 0.25) is 0 Å². The zero-order chi connectivity index (χ0) is 17.5. The molecule has 0 rings (SSSR count). The first-order valence-corrected chi connectivity index (χ1v) is 8.61. The average Bonchev–Trinajstić information content (AvgIpc) is 2.51. The summed E-state index contributed by atoms with van der Waals surface area (Å²) in [6.45, 7) is 8.15. The first-order chi connectivity index (χ1) is 11.0. The van der Waals surface area contributed by atoms with E-state index in [2.05, 4.69) is 10.6 Å². The molecule has 0 atom stereocenters. The topological polar surface area (TPSA) is 84.5 Å². The Bertz CT molecular complexity index is 367. The van der Waals surface area contributed by atoms with Crippen LogP contribution in [0.3, 0.4) is 0 Å². The van der Waals surface area contributed by atoms with Crippen molar-refractivity contribution in [2.75, 3.05) is 26.3 Å². The minimum Gasteiger partial charge on any atom is -0.382 e. The van der Waals surface area contributed by atoms with Gasteiger partial charge in [0.2, 0.25) is 11.8 Å². The van der Waals surface area contributed by atoms with Gasteiger partial charge in [0.15, 0.2) is 0 Å². The minimum atomic E-state index is -0.0638. The molecule has 0 fully saturated rings. The first-order valence-electron chi connectivity index (χ1n) is 8.61. The normalized spacial score (nSPS) is 10.6. The number of carbonyl (C=O) groups excluding carboxylic acids is 3. The highest BCUT2D eigenvalue weighted by Gasteiger charge is 2.07. The SMILES string of the molecule is CCOCCCNC(=O)CCCC(=O)NCCCC(=O)C(C)C.[HH].[HH]. The zero-order valence-corrected chi connectivity index (χ0v) is 14.8. The van der Waals surface area contributed by atoms with E-state index in [0.717, 1.165) is 6.42 Å². The third kappa shape index (κ3) is 13.9. The van der Waals surface area contributed by atoms with E-state index in [1.807, 2.05) is 20.8 Å². The van der Waals surface area contributed by atoms with Crippen molar-refractivity contribution in [1.29, 1.82) is 0 Å². The zero-order valence-electron chi connectivity index (χ0n) is 14.8. The molecule has 138 valence electrons. The van der Waals surface area contributed by atoms with Crippen molar-refractivity contribution in [3.8, 4) is 0 Å². The quantitative estimate of drug-likeness (QED) is 0.478. The van der Waals surface area contributed by atoms with Crippen LogP contribution >= 0.6 is 0 Å². The van der Waals surface area contributed by atoms with Crippen molar-refractivity contribution in [3.63, 3.8) is 0 Å². The molecular formula is C17H36N2O4. The lowest BCUT2D eigenvalue weighted by atomic mass is 10.0.